The lowest BCUT2D eigenvalue weighted by Gasteiger charge is -2.16. The Bertz CT molecular complexity index is 1280. The zero-order valence-corrected chi connectivity index (χ0v) is 19.9. The van der Waals surface area contributed by atoms with Gasteiger partial charge in [-0.3, -0.25) is 0 Å². The molecule has 4 heterocycles. The highest BCUT2D eigenvalue weighted by Crippen LogP contribution is 2.36. The van der Waals surface area contributed by atoms with Crippen LogP contribution in [0.15, 0.2) is 39.6 Å². The molecule has 0 saturated carbocycles. The van der Waals surface area contributed by atoms with Gasteiger partial charge in [-0.25, -0.2) is 9.98 Å². The number of nitriles is 1. The quantitative estimate of drug-likeness (QED) is 0.392. The van der Waals surface area contributed by atoms with Crippen molar-refractivity contribution in [2.45, 2.75) is 52.6 Å². The normalized spacial score (nSPS) is 17.7. The number of rotatable bonds is 7. The maximum absolute atomic E-state index is 9.10. The Kier molecular flexibility index (Phi) is 6.32. The van der Waals surface area contributed by atoms with Gasteiger partial charge in [0.15, 0.2) is 23.2 Å². The van der Waals surface area contributed by atoms with Crippen LogP contribution in [-0.4, -0.2) is 45.1 Å². The fourth-order valence-corrected chi connectivity index (χ4v) is 3.64. The van der Waals surface area contributed by atoms with Crippen LogP contribution in [-0.2, 0) is 9.47 Å². The first-order valence-electron chi connectivity index (χ1n) is 10.9. The Balaban J connectivity index is 1.71. The number of aromatic nitrogens is 4. The second-order valence-corrected chi connectivity index (χ2v) is 8.75. The van der Waals surface area contributed by atoms with Crippen LogP contribution in [0.25, 0.3) is 23.2 Å². The molecule has 0 aromatic carbocycles. The predicted molar refractivity (Wildman–Crippen MR) is 128 cm³/mol. The monoisotopic (exact) mass is 461 g/mol. The summed E-state index contributed by atoms with van der Waals surface area (Å²) in [5, 5.41) is 21.1. The highest BCUT2D eigenvalue weighted by Gasteiger charge is 2.35. The summed E-state index contributed by atoms with van der Waals surface area (Å²) in [5.74, 6) is 0.935. The van der Waals surface area contributed by atoms with E-state index in [4.69, 9.17) is 19.3 Å². The van der Waals surface area contributed by atoms with Gasteiger partial charge in [-0.05, 0) is 47.4 Å². The van der Waals surface area contributed by atoms with Gasteiger partial charge in [0.25, 0.3) is 0 Å². The topological polar surface area (TPSA) is 123 Å². The van der Waals surface area contributed by atoms with Crippen molar-refractivity contribution in [3.8, 4) is 23.2 Å². The number of nitrogens with zero attached hydrogens (tertiary/aromatic N) is 6. The first kappa shape index (κ1) is 23.4. The van der Waals surface area contributed by atoms with E-state index in [1.54, 1.807) is 30.1 Å². The summed E-state index contributed by atoms with van der Waals surface area (Å²) in [5.41, 5.74) is 3.42. The molecule has 1 N–H and O–H groups in total. The standard InChI is InChI=1S/C24H27N7O3/c1-14(2)29-18-9-22(31-23(26-6)16(11-28-31)7-15(3)10-25)27-12-17(18)20-8-19(30-34-20)21-13-32-24(4,5)33-21/h7-9,11-12,14,21H,6,13H2,1-5H3,(H,27,29)/b15-7+. The summed E-state index contributed by atoms with van der Waals surface area (Å²) in [6, 6.07) is 5.95. The third-order valence-electron chi connectivity index (χ3n) is 5.15. The highest BCUT2D eigenvalue weighted by molar-refractivity contribution is 5.76. The van der Waals surface area contributed by atoms with E-state index in [9.17, 15) is 0 Å². The number of allylic oxidation sites excluding steroid dienone is 1. The zero-order valence-electron chi connectivity index (χ0n) is 19.9. The second kappa shape index (κ2) is 9.21. The fourth-order valence-electron chi connectivity index (χ4n) is 3.64. The minimum atomic E-state index is -0.655. The van der Waals surface area contributed by atoms with Crippen LogP contribution < -0.4 is 5.32 Å². The molecule has 10 heteroatoms. The maximum Gasteiger partial charge on any atom is 0.170 e. The van der Waals surface area contributed by atoms with Crippen molar-refractivity contribution in [2.24, 2.45) is 4.99 Å². The molecule has 1 fully saturated rings. The SMILES string of the molecule is C=Nc1c(/C=C(\C)C#N)cnn1-c1cc(NC(C)C)c(-c2cc(C3COC(C)(C)O3)no2)cn1. The van der Waals surface area contributed by atoms with Crippen LogP contribution in [0.1, 0.15) is 52.0 Å². The van der Waals surface area contributed by atoms with Gasteiger partial charge in [-0.2, -0.15) is 15.0 Å². The summed E-state index contributed by atoms with van der Waals surface area (Å²) in [7, 11) is 0. The zero-order chi connectivity index (χ0) is 24.5. The lowest BCUT2D eigenvalue weighted by atomic mass is 10.1. The fraction of sp³-hybridized carbons (Fsp3) is 0.375. The van der Waals surface area contributed by atoms with Crippen molar-refractivity contribution in [1.29, 1.82) is 5.26 Å². The van der Waals surface area contributed by atoms with Crippen LogP contribution in [0.5, 0.6) is 0 Å². The van der Waals surface area contributed by atoms with Gasteiger partial charge in [-0.15, -0.1) is 0 Å². The average molecular weight is 462 g/mol. The number of aliphatic imine (C=N–C) groups is 1. The molecule has 10 nitrogen and oxygen atoms in total. The van der Waals surface area contributed by atoms with Gasteiger partial charge in [0, 0.05) is 35.5 Å². The van der Waals surface area contributed by atoms with Crippen LogP contribution in [0.4, 0.5) is 11.5 Å². The molecule has 3 aromatic heterocycles. The van der Waals surface area contributed by atoms with Crippen LogP contribution in [0, 0.1) is 11.3 Å². The Morgan fingerprint density at radius 3 is 2.82 bits per heavy atom. The van der Waals surface area contributed by atoms with Crippen LogP contribution in [0.2, 0.25) is 0 Å². The molecule has 34 heavy (non-hydrogen) atoms. The molecule has 0 amide bonds. The molecular formula is C24H27N7O3. The van der Waals surface area contributed by atoms with E-state index in [1.165, 1.54) is 0 Å². The molecule has 1 atom stereocenters. The average Bonchev–Trinajstić information content (AvgIpc) is 3.51. The molecule has 0 bridgehead atoms. The molecule has 0 radical (unpaired) electrons. The van der Waals surface area contributed by atoms with Crippen molar-refractivity contribution in [3.63, 3.8) is 0 Å². The summed E-state index contributed by atoms with van der Waals surface area (Å²) in [6.07, 6.45) is 4.74. The van der Waals surface area contributed by atoms with Gasteiger partial charge in [0.05, 0.1) is 30.1 Å². The van der Waals surface area contributed by atoms with E-state index < -0.39 is 5.79 Å². The van der Waals surface area contributed by atoms with Gasteiger partial charge in [0.1, 0.15) is 11.8 Å². The molecule has 1 aliphatic rings. The molecule has 1 aliphatic heterocycles. The Labute approximate surface area is 197 Å². The number of nitrogens with one attached hydrogen (secondary N) is 1. The number of pyridine rings is 1. The Morgan fingerprint density at radius 2 is 2.18 bits per heavy atom. The predicted octanol–water partition coefficient (Wildman–Crippen LogP) is 4.83. The summed E-state index contributed by atoms with van der Waals surface area (Å²) in [6.45, 7) is 13.6. The summed E-state index contributed by atoms with van der Waals surface area (Å²) in [4.78, 5) is 8.69. The van der Waals surface area contributed by atoms with Crippen LogP contribution in [0.3, 0.4) is 0 Å². The van der Waals surface area contributed by atoms with Crippen LogP contribution >= 0.6 is 0 Å². The molecule has 3 aromatic rings. The van der Waals surface area contributed by atoms with Gasteiger partial charge in [0.2, 0.25) is 0 Å². The van der Waals surface area contributed by atoms with Crippen molar-refractivity contribution < 1.29 is 14.0 Å². The molecule has 1 saturated heterocycles. The third kappa shape index (κ3) is 4.76. The van der Waals surface area contributed by atoms with Crippen molar-refractivity contribution >= 4 is 24.3 Å². The number of hydrogen-bond acceptors (Lipinski definition) is 9. The van der Waals surface area contributed by atoms with Gasteiger partial charge in [-0.1, -0.05) is 5.16 Å². The number of anilines is 1. The first-order valence-corrected chi connectivity index (χ1v) is 10.9. The smallest absolute Gasteiger partial charge is 0.170 e. The number of ether oxygens (including phenoxy) is 2. The minimum Gasteiger partial charge on any atom is -0.382 e. The molecule has 4 rings (SSSR count). The lowest BCUT2D eigenvalue weighted by molar-refractivity contribution is -0.139. The molecule has 0 spiro atoms. The lowest BCUT2D eigenvalue weighted by Crippen LogP contribution is -2.19. The van der Waals surface area contributed by atoms with Crippen molar-refractivity contribution in [3.05, 3.63) is 41.4 Å². The van der Waals surface area contributed by atoms with E-state index in [2.05, 4.69) is 38.3 Å². The second-order valence-electron chi connectivity index (χ2n) is 8.75. The van der Waals surface area contributed by atoms with Crippen molar-refractivity contribution in [2.75, 3.05) is 11.9 Å². The van der Waals surface area contributed by atoms with E-state index in [0.717, 1.165) is 11.3 Å². The molecule has 0 aliphatic carbocycles. The summed E-state index contributed by atoms with van der Waals surface area (Å²) >= 11 is 0. The molecule has 1 unspecified atom stereocenters. The Morgan fingerprint density at radius 1 is 1.38 bits per heavy atom. The minimum absolute atomic E-state index is 0.148. The summed E-state index contributed by atoms with van der Waals surface area (Å²) < 4.78 is 18.8. The maximum atomic E-state index is 9.10. The van der Waals surface area contributed by atoms with Crippen molar-refractivity contribution in [1.82, 2.24) is 19.9 Å². The van der Waals surface area contributed by atoms with E-state index in [1.807, 2.05) is 39.8 Å². The van der Waals surface area contributed by atoms with Gasteiger partial charge < -0.3 is 19.3 Å². The first-order chi connectivity index (χ1) is 16.2. The van der Waals surface area contributed by atoms with E-state index in [0.29, 0.717) is 40.8 Å². The third-order valence-corrected chi connectivity index (χ3v) is 5.15. The number of hydrogen-bond donors (Lipinski definition) is 1. The highest BCUT2D eigenvalue weighted by atomic mass is 16.7. The van der Waals surface area contributed by atoms with E-state index in [-0.39, 0.29) is 12.1 Å². The molecular weight excluding hydrogens is 434 g/mol. The van der Waals surface area contributed by atoms with Gasteiger partial charge >= 0.3 is 0 Å². The largest absolute Gasteiger partial charge is 0.382 e. The Hall–Kier alpha value is -3.81. The van der Waals surface area contributed by atoms with E-state index >= 15 is 0 Å². The molecule has 176 valence electrons.